The fourth-order valence-electron chi connectivity index (χ4n) is 2.76. The van der Waals surface area contributed by atoms with Crippen molar-refractivity contribution in [1.29, 1.82) is 0 Å². The van der Waals surface area contributed by atoms with E-state index in [1.807, 2.05) is 0 Å². The first-order valence-electron chi connectivity index (χ1n) is 7.24. The smallest absolute Gasteiger partial charge is 0.183 e. The van der Waals surface area contributed by atoms with Crippen LogP contribution in [0.1, 0.15) is 5.69 Å². The Morgan fingerprint density at radius 1 is 1.04 bits per heavy atom. The minimum atomic E-state index is -0.694. The highest BCUT2D eigenvalue weighted by Crippen LogP contribution is 2.29. The molecule has 0 atom stereocenters. The van der Waals surface area contributed by atoms with E-state index in [9.17, 15) is 8.78 Å². The summed E-state index contributed by atoms with van der Waals surface area (Å²) in [4.78, 5) is 4.47. The molecule has 7 heteroatoms. The molecule has 0 fully saturated rings. The van der Waals surface area contributed by atoms with Crippen LogP contribution in [0.25, 0.3) is 28.1 Å². The van der Waals surface area contributed by atoms with Crippen LogP contribution in [0.2, 0.25) is 0 Å². The largest absolute Gasteiger partial charge is 0.497 e. The minimum Gasteiger partial charge on any atom is -0.497 e. The molecule has 0 N–H and O–H groups in total. The van der Waals surface area contributed by atoms with Gasteiger partial charge < -0.3 is 4.74 Å². The first-order chi connectivity index (χ1) is 11.6. The van der Waals surface area contributed by atoms with Crippen LogP contribution in [0.15, 0.2) is 36.4 Å². The lowest BCUT2D eigenvalue weighted by molar-refractivity contribution is 0.415. The highest BCUT2D eigenvalue weighted by Gasteiger charge is 2.20. The number of ether oxygens (including phenoxy) is 1. The molecule has 0 aliphatic heterocycles. The third-order valence-corrected chi connectivity index (χ3v) is 3.88. The number of hydrogen-bond acceptors (Lipinski definition) is 4. The van der Waals surface area contributed by atoms with Crippen LogP contribution in [0.5, 0.6) is 5.75 Å². The van der Waals surface area contributed by atoms with Gasteiger partial charge >= 0.3 is 0 Å². The molecule has 24 heavy (non-hydrogen) atoms. The van der Waals surface area contributed by atoms with Crippen molar-refractivity contribution in [3.8, 4) is 17.1 Å². The number of fused-ring (bicyclic) bond motifs is 3. The van der Waals surface area contributed by atoms with E-state index in [0.29, 0.717) is 28.1 Å². The Bertz CT molecular complexity index is 1070. The molecule has 0 bridgehead atoms. The third-order valence-electron chi connectivity index (χ3n) is 3.88. The maximum Gasteiger partial charge on any atom is 0.183 e. The van der Waals surface area contributed by atoms with Gasteiger partial charge in [0, 0.05) is 6.07 Å². The van der Waals surface area contributed by atoms with E-state index in [1.54, 1.807) is 36.6 Å². The van der Waals surface area contributed by atoms with E-state index < -0.39 is 11.6 Å². The van der Waals surface area contributed by atoms with Crippen molar-refractivity contribution in [2.75, 3.05) is 7.11 Å². The summed E-state index contributed by atoms with van der Waals surface area (Å²) in [6.45, 7) is 1.77. The van der Waals surface area contributed by atoms with Gasteiger partial charge in [-0.1, -0.05) is 6.07 Å². The molecular formula is C17H12F2N4O. The molecule has 2 aromatic heterocycles. The Labute approximate surface area is 135 Å². The predicted molar refractivity (Wildman–Crippen MR) is 84.9 cm³/mol. The zero-order chi connectivity index (χ0) is 16.8. The lowest BCUT2D eigenvalue weighted by atomic mass is 10.1. The Morgan fingerprint density at radius 2 is 1.79 bits per heavy atom. The lowest BCUT2D eigenvalue weighted by Gasteiger charge is -2.09. The lowest BCUT2D eigenvalue weighted by Crippen LogP contribution is -2.00. The summed E-state index contributed by atoms with van der Waals surface area (Å²) in [5, 5.41) is 8.06. The fourth-order valence-corrected chi connectivity index (χ4v) is 2.76. The second-order valence-corrected chi connectivity index (χ2v) is 5.33. The van der Waals surface area contributed by atoms with Gasteiger partial charge in [-0.3, -0.25) is 4.40 Å². The normalized spacial score (nSPS) is 11.3. The molecule has 2 aromatic carbocycles. The highest BCUT2D eigenvalue weighted by molar-refractivity contribution is 5.82. The number of benzene rings is 2. The van der Waals surface area contributed by atoms with E-state index in [4.69, 9.17) is 4.74 Å². The summed E-state index contributed by atoms with van der Waals surface area (Å²) >= 11 is 0. The van der Waals surface area contributed by atoms with Gasteiger partial charge in [0.15, 0.2) is 11.5 Å². The van der Waals surface area contributed by atoms with Gasteiger partial charge in [0.05, 0.1) is 29.4 Å². The van der Waals surface area contributed by atoms with E-state index >= 15 is 0 Å². The number of nitrogens with zero attached hydrogens (tertiary/aromatic N) is 4. The monoisotopic (exact) mass is 326 g/mol. The number of aromatic nitrogens is 4. The van der Waals surface area contributed by atoms with Crippen molar-refractivity contribution >= 4 is 16.7 Å². The number of halogens is 2. The van der Waals surface area contributed by atoms with Crippen LogP contribution < -0.4 is 4.74 Å². The summed E-state index contributed by atoms with van der Waals surface area (Å²) < 4.78 is 35.2. The standard InChI is InChI=1S/C17H12F2N4O/c1-9-16-21-22-17(15-11(18)4-3-5-12(15)19)23(16)14-7-6-10(24-2)8-13(14)20-9/h3-8H,1-2H3. The second-order valence-electron chi connectivity index (χ2n) is 5.33. The van der Waals surface area contributed by atoms with Gasteiger partial charge in [-0.15, -0.1) is 10.2 Å². The molecule has 5 nitrogen and oxygen atoms in total. The highest BCUT2D eigenvalue weighted by atomic mass is 19.1. The van der Waals surface area contributed by atoms with Gasteiger partial charge in [0.25, 0.3) is 0 Å². The van der Waals surface area contributed by atoms with E-state index in [-0.39, 0.29) is 11.4 Å². The molecule has 0 unspecified atom stereocenters. The first-order valence-corrected chi connectivity index (χ1v) is 7.24. The van der Waals surface area contributed by atoms with Crippen LogP contribution in [-0.4, -0.2) is 26.7 Å². The molecule has 0 amide bonds. The summed E-state index contributed by atoms with van der Waals surface area (Å²) in [5.74, 6) is -0.650. The maximum absolute atomic E-state index is 14.2. The van der Waals surface area contributed by atoms with E-state index in [2.05, 4.69) is 15.2 Å². The average molecular weight is 326 g/mol. The molecular weight excluding hydrogens is 314 g/mol. The molecule has 2 heterocycles. The van der Waals surface area contributed by atoms with Crippen LogP contribution in [-0.2, 0) is 0 Å². The molecule has 0 aliphatic rings. The molecule has 0 aliphatic carbocycles. The summed E-state index contributed by atoms with van der Waals surface area (Å²) in [5.41, 5.74) is 2.10. The summed E-state index contributed by atoms with van der Waals surface area (Å²) in [6, 6.07) is 8.97. The molecule has 4 aromatic rings. The van der Waals surface area contributed by atoms with Gasteiger partial charge in [0.1, 0.15) is 17.4 Å². The molecule has 120 valence electrons. The van der Waals surface area contributed by atoms with Crippen LogP contribution in [0, 0.1) is 18.6 Å². The number of hydrogen-bond donors (Lipinski definition) is 0. The number of aryl methyl sites for hydroxylation is 1. The summed E-state index contributed by atoms with van der Waals surface area (Å²) in [6.07, 6.45) is 0. The Balaban J connectivity index is 2.15. The second kappa shape index (κ2) is 5.23. The van der Waals surface area contributed by atoms with E-state index in [0.717, 1.165) is 0 Å². The molecule has 0 saturated carbocycles. The van der Waals surface area contributed by atoms with Crippen LogP contribution >= 0.6 is 0 Å². The molecule has 0 spiro atoms. The average Bonchev–Trinajstić information content (AvgIpc) is 3.00. The number of rotatable bonds is 2. The third kappa shape index (κ3) is 2.01. The fraction of sp³-hybridized carbons (Fsp3) is 0.118. The Hall–Kier alpha value is -3.09. The maximum atomic E-state index is 14.2. The van der Waals surface area contributed by atoms with Gasteiger partial charge in [-0.05, 0) is 31.2 Å². The van der Waals surface area contributed by atoms with Crippen molar-refractivity contribution in [3.05, 3.63) is 53.7 Å². The van der Waals surface area contributed by atoms with Crippen LogP contribution in [0.3, 0.4) is 0 Å². The topological polar surface area (TPSA) is 52.3 Å². The van der Waals surface area contributed by atoms with E-state index in [1.165, 1.54) is 18.2 Å². The zero-order valence-electron chi connectivity index (χ0n) is 12.9. The SMILES string of the molecule is COc1ccc2c(c1)nc(C)c1nnc(-c3c(F)cccc3F)n12. The molecule has 0 radical (unpaired) electrons. The molecule has 4 rings (SSSR count). The summed E-state index contributed by atoms with van der Waals surface area (Å²) in [7, 11) is 1.56. The number of methoxy groups -OCH3 is 1. The first kappa shape index (κ1) is 14.5. The van der Waals surface area contributed by atoms with Gasteiger partial charge in [-0.25, -0.2) is 13.8 Å². The van der Waals surface area contributed by atoms with Crippen molar-refractivity contribution in [3.63, 3.8) is 0 Å². The minimum absolute atomic E-state index is 0.0984. The quantitative estimate of drug-likeness (QED) is 0.565. The van der Waals surface area contributed by atoms with Crippen LogP contribution in [0.4, 0.5) is 8.78 Å². The van der Waals surface area contributed by atoms with Crippen molar-refractivity contribution < 1.29 is 13.5 Å². The predicted octanol–water partition coefficient (Wildman–Crippen LogP) is 3.54. The zero-order valence-corrected chi connectivity index (χ0v) is 12.9. The van der Waals surface area contributed by atoms with Crippen molar-refractivity contribution in [2.24, 2.45) is 0 Å². The van der Waals surface area contributed by atoms with Gasteiger partial charge in [0.2, 0.25) is 0 Å². The Morgan fingerprint density at radius 3 is 2.50 bits per heavy atom. The van der Waals surface area contributed by atoms with Crippen molar-refractivity contribution in [1.82, 2.24) is 19.6 Å². The Kier molecular flexibility index (Phi) is 3.16. The van der Waals surface area contributed by atoms with Gasteiger partial charge in [-0.2, -0.15) is 0 Å². The molecule has 0 saturated heterocycles. The van der Waals surface area contributed by atoms with Crippen molar-refractivity contribution in [2.45, 2.75) is 6.92 Å².